The Bertz CT molecular complexity index is 4260. The molecule has 12 rings (SSSR count). The van der Waals surface area contributed by atoms with Crippen LogP contribution in [0.3, 0.4) is 0 Å². The topological polar surface area (TPSA) is 214 Å². The van der Waals surface area contributed by atoms with Gasteiger partial charge in [-0.3, -0.25) is 19.2 Å². The van der Waals surface area contributed by atoms with E-state index in [1.807, 2.05) is 179 Å². The molecular weight excluding hydrogens is 1120 g/mol. The van der Waals surface area contributed by atoms with Crippen molar-refractivity contribution in [3.8, 4) is 6.07 Å². The molecule has 14 nitrogen and oxygen atoms in total. The van der Waals surface area contributed by atoms with Gasteiger partial charge in [0.05, 0.1) is 21.8 Å². The van der Waals surface area contributed by atoms with Crippen LogP contribution in [0.5, 0.6) is 0 Å². The molecule has 17 heteroatoms. The number of carbonyl (C=O) groups is 4. The van der Waals surface area contributed by atoms with Crippen LogP contribution in [0.25, 0.3) is 32.7 Å². The first-order valence-corrected chi connectivity index (χ1v) is 30.1. The molecule has 0 radical (unpaired) electrons. The van der Waals surface area contributed by atoms with E-state index in [0.717, 1.165) is 72.4 Å². The summed E-state index contributed by atoms with van der Waals surface area (Å²) in [6.45, 7) is 11.8. The van der Waals surface area contributed by atoms with Crippen molar-refractivity contribution >= 4 is 106 Å². The number of anilines is 3. The molecule has 3 amide bonds. The van der Waals surface area contributed by atoms with Gasteiger partial charge in [0.15, 0.2) is 21.7 Å². The monoisotopic (exact) mass is 1180 g/mol. The molecule has 6 N–H and O–H groups in total. The summed E-state index contributed by atoms with van der Waals surface area (Å²) in [4.78, 5) is 73.1. The Kier molecular flexibility index (Phi) is 17.6. The number of amides is 3. The number of nitrogens with zero attached hydrogens (tertiary/aromatic N) is 4. The van der Waals surface area contributed by atoms with E-state index in [0.29, 0.717) is 26.5 Å². The fourth-order valence-corrected chi connectivity index (χ4v) is 12.7. The minimum absolute atomic E-state index is 0.0412. The number of carbonyl (C=O) groups excluding carboxylic acids is 4. The van der Waals surface area contributed by atoms with Gasteiger partial charge in [-0.05, 0) is 81.2 Å². The van der Waals surface area contributed by atoms with Gasteiger partial charge < -0.3 is 30.9 Å². The van der Waals surface area contributed by atoms with Crippen LogP contribution in [0.4, 0.5) is 15.4 Å². The van der Waals surface area contributed by atoms with Gasteiger partial charge in [-0.2, -0.15) is 5.26 Å². The van der Waals surface area contributed by atoms with Crippen LogP contribution in [0, 0.1) is 27.6 Å². The molecule has 6 aromatic heterocycles. The maximum absolute atomic E-state index is 13.3. The Hall–Kier alpha value is -9.60. The Balaban J connectivity index is 0.000000142. The first-order valence-electron chi connectivity index (χ1n) is 27.5. The molecule has 0 saturated heterocycles. The zero-order valence-corrected chi connectivity index (χ0v) is 50.0. The molecule has 0 aliphatic carbocycles. The number of thiazole rings is 3. The third-order valence-electron chi connectivity index (χ3n) is 15.5. The Morgan fingerprint density at radius 1 is 0.482 bits per heavy atom. The van der Waals surface area contributed by atoms with Crippen LogP contribution < -0.4 is 16.0 Å². The summed E-state index contributed by atoms with van der Waals surface area (Å²) in [5.74, 6) is -0.738. The highest BCUT2D eigenvalue weighted by molar-refractivity contribution is 7.14. The molecule has 0 spiro atoms. The van der Waals surface area contributed by atoms with Crippen molar-refractivity contribution in [2.45, 2.75) is 59.3 Å². The summed E-state index contributed by atoms with van der Waals surface area (Å²) < 4.78 is 0. The third kappa shape index (κ3) is 12.8. The van der Waals surface area contributed by atoms with Gasteiger partial charge in [-0.25, -0.2) is 15.0 Å². The second-order valence-electron chi connectivity index (χ2n) is 22.2. The highest BCUT2D eigenvalue weighted by atomic mass is 32.1. The van der Waals surface area contributed by atoms with E-state index >= 15 is 0 Å². The number of H-pyrrole nitrogens is 3. The number of nitrogens with one attached hydrogen (secondary N) is 6. The molecule has 3 atom stereocenters. The highest BCUT2D eigenvalue weighted by Gasteiger charge is 2.42. The van der Waals surface area contributed by atoms with Crippen molar-refractivity contribution in [2.75, 3.05) is 16.0 Å². The van der Waals surface area contributed by atoms with Gasteiger partial charge in [0.25, 0.3) is 0 Å². The number of benzene rings is 6. The van der Waals surface area contributed by atoms with Gasteiger partial charge in [-0.15, -0.1) is 34.0 Å². The fourth-order valence-electron chi connectivity index (χ4n) is 11.1. The minimum atomic E-state index is -0.766. The largest absolute Gasteiger partial charge is 0.361 e. The lowest BCUT2D eigenvalue weighted by molar-refractivity contribution is -0.125. The van der Waals surface area contributed by atoms with Crippen LogP contribution in [-0.2, 0) is 14.4 Å². The van der Waals surface area contributed by atoms with Gasteiger partial charge >= 0.3 is 0 Å². The zero-order valence-electron chi connectivity index (χ0n) is 47.6. The molecule has 426 valence electrons. The number of aromatic nitrogens is 6. The highest BCUT2D eigenvalue weighted by Crippen LogP contribution is 2.46. The minimum Gasteiger partial charge on any atom is -0.361 e. The molecular formula is C68H62N10O4S3. The molecule has 0 aliphatic rings. The normalized spacial score (nSPS) is 12.6. The summed E-state index contributed by atoms with van der Waals surface area (Å²) in [5, 5.41) is 28.5. The molecule has 85 heavy (non-hydrogen) atoms. The van der Waals surface area contributed by atoms with Crippen molar-refractivity contribution in [3.63, 3.8) is 0 Å². The van der Waals surface area contributed by atoms with E-state index in [9.17, 15) is 24.4 Å². The molecule has 0 saturated carbocycles. The summed E-state index contributed by atoms with van der Waals surface area (Å²) in [7, 11) is 0. The quantitative estimate of drug-likeness (QED) is 0.0511. The number of aldehydes is 1. The first-order chi connectivity index (χ1) is 41.1. The summed E-state index contributed by atoms with van der Waals surface area (Å²) in [6, 6.07) is 52.8. The summed E-state index contributed by atoms with van der Waals surface area (Å²) >= 11 is 4.21. The molecule has 12 aromatic rings. The first kappa shape index (κ1) is 58.6. The number of nitriles is 1. The van der Waals surface area contributed by atoms with Crippen molar-refractivity contribution < 1.29 is 19.2 Å². The second-order valence-corrected chi connectivity index (χ2v) is 24.9. The lowest BCUT2D eigenvalue weighted by Crippen LogP contribution is -2.37. The van der Waals surface area contributed by atoms with E-state index in [4.69, 9.17) is 0 Å². The maximum atomic E-state index is 13.3. The van der Waals surface area contributed by atoms with Crippen molar-refractivity contribution in [1.29, 1.82) is 5.26 Å². The predicted octanol–water partition coefficient (Wildman–Crippen LogP) is 15.9. The molecule has 6 heterocycles. The SMILES string of the molecule is CC(C)(C(=O)Nc1nccs1)C(c1ccccc1)c1ccc2[nH]cc(C#N)c2c1.CC(C)(C(=O)Nc1nccs1)C(c1ccccc1)c1ccc2[nH]cc(C=O)c2c1.CC(C)(C(=O)Nc1nccs1)C(c1ccccc1)c1ccc2[nH]ccc2c1. The van der Waals surface area contributed by atoms with Crippen LogP contribution in [0.2, 0.25) is 0 Å². The Labute approximate surface area is 504 Å². The van der Waals surface area contributed by atoms with E-state index in [1.165, 1.54) is 34.0 Å². The van der Waals surface area contributed by atoms with Gasteiger partial charge in [0, 0.05) is 104 Å². The molecule has 6 aromatic carbocycles. The third-order valence-corrected chi connectivity index (χ3v) is 17.6. The summed E-state index contributed by atoms with van der Waals surface area (Å²) in [6.07, 6.45) is 11.2. The van der Waals surface area contributed by atoms with E-state index in [2.05, 4.69) is 88.3 Å². The van der Waals surface area contributed by atoms with E-state index in [-0.39, 0.29) is 35.5 Å². The van der Waals surface area contributed by atoms with Crippen molar-refractivity contribution in [1.82, 2.24) is 29.9 Å². The van der Waals surface area contributed by atoms with Crippen molar-refractivity contribution in [2.24, 2.45) is 16.2 Å². The van der Waals surface area contributed by atoms with Gasteiger partial charge in [0.1, 0.15) is 6.07 Å². The molecule has 3 unspecified atom stereocenters. The number of aromatic amines is 3. The summed E-state index contributed by atoms with van der Waals surface area (Å²) in [5.41, 5.74) is 8.18. The lowest BCUT2D eigenvalue weighted by atomic mass is 9.70. The standard InChI is InChI=1S/C23H20N4OS.C23H21N3O2S.C22H21N3OS/c1-23(2,21(28)27-22-25-10-11-29-22)20(15-6-4-3-5-7-15)16-8-9-19-18(12-16)17(13-24)14-26-19;1-23(2,21(28)26-22-24-10-11-29-22)20(15-6-4-3-5-7-15)16-8-9-19-18(12-16)17(14-27)13-25-19;1-22(2,20(26)25-21-24-12-13-27-21)19(15-6-4-3-5-7-15)17-8-9-18-16(14-17)10-11-23-18/h3-12,14,20,26H,1-2H3,(H,25,27,28);3-14,20,25H,1-2H3,(H,24,26,28);3-14,19,23H,1-2H3,(H,24,25,26). The number of fused-ring (bicyclic) bond motifs is 3. The smallest absolute Gasteiger partial charge is 0.232 e. The lowest BCUT2D eigenvalue weighted by Gasteiger charge is -2.34. The fraction of sp³-hybridized carbons (Fsp3) is 0.176. The Morgan fingerprint density at radius 2 is 0.871 bits per heavy atom. The average Bonchev–Trinajstić information content (AvgIpc) is 3.93. The second kappa shape index (κ2) is 25.5. The van der Waals surface area contributed by atoms with Crippen LogP contribution in [0.15, 0.2) is 205 Å². The number of rotatable bonds is 16. The van der Waals surface area contributed by atoms with Crippen LogP contribution >= 0.6 is 34.0 Å². The van der Waals surface area contributed by atoms with Crippen LogP contribution in [0.1, 0.15) is 109 Å². The molecule has 0 bridgehead atoms. The van der Waals surface area contributed by atoms with Crippen molar-refractivity contribution in [3.05, 3.63) is 249 Å². The average molecular weight is 1180 g/mol. The molecule has 0 aliphatic heterocycles. The van der Waals surface area contributed by atoms with Gasteiger partial charge in [0.2, 0.25) is 17.7 Å². The predicted molar refractivity (Wildman–Crippen MR) is 343 cm³/mol. The van der Waals surface area contributed by atoms with Gasteiger partial charge in [-0.1, -0.05) is 151 Å². The maximum Gasteiger partial charge on any atom is 0.232 e. The van der Waals surface area contributed by atoms with Crippen LogP contribution in [-0.4, -0.2) is 53.9 Å². The molecule has 0 fully saturated rings. The zero-order chi connectivity index (χ0) is 59.7. The van der Waals surface area contributed by atoms with E-state index in [1.54, 1.807) is 31.0 Å². The number of hydrogen-bond acceptors (Lipinski definition) is 11. The van der Waals surface area contributed by atoms with E-state index < -0.39 is 16.2 Å². The Morgan fingerprint density at radius 3 is 1.27 bits per heavy atom. The number of hydrogen-bond donors (Lipinski definition) is 6.